The summed E-state index contributed by atoms with van der Waals surface area (Å²) in [6.07, 6.45) is 2.72. The van der Waals surface area contributed by atoms with Crippen LogP contribution in [0.15, 0.2) is 36.7 Å². The number of urea groups is 1. The maximum absolute atomic E-state index is 12.1. The summed E-state index contributed by atoms with van der Waals surface area (Å²) in [6.45, 7) is 4.59. The lowest BCUT2D eigenvalue weighted by Crippen LogP contribution is -2.40. The van der Waals surface area contributed by atoms with Gasteiger partial charge in [-0.05, 0) is 31.4 Å². The third kappa shape index (κ3) is 3.84. The van der Waals surface area contributed by atoms with Crippen LogP contribution in [0.4, 0.5) is 10.5 Å². The summed E-state index contributed by atoms with van der Waals surface area (Å²) in [5, 5.41) is 13.7. The molecule has 1 aromatic carbocycles. The van der Waals surface area contributed by atoms with Crippen molar-refractivity contribution in [3.8, 4) is 0 Å². The largest absolute Gasteiger partial charge is 0.371 e. The fourth-order valence-electron chi connectivity index (χ4n) is 3.11. The highest BCUT2D eigenvalue weighted by Gasteiger charge is 2.23. The van der Waals surface area contributed by atoms with Crippen molar-refractivity contribution < 1.29 is 4.79 Å². The lowest BCUT2D eigenvalue weighted by Gasteiger charge is -2.19. The summed E-state index contributed by atoms with van der Waals surface area (Å²) in [7, 11) is 1.86. The molecule has 1 aliphatic rings. The molecule has 1 aliphatic heterocycles. The molecule has 0 spiro atoms. The number of para-hydroxylation sites is 1. The molecule has 7 nitrogen and oxygen atoms in total. The first kappa shape index (κ1) is 16.3. The van der Waals surface area contributed by atoms with Gasteiger partial charge in [-0.2, -0.15) is 0 Å². The Hall–Kier alpha value is -2.57. The molecule has 1 fully saturated rings. The maximum atomic E-state index is 12.1. The number of anilines is 1. The first-order valence-electron chi connectivity index (χ1n) is 8.31. The van der Waals surface area contributed by atoms with E-state index in [1.54, 1.807) is 10.9 Å². The van der Waals surface area contributed by atoms with Crippen molar-refractivity contribution in [2.45, 2.75) is 19.4 Å². The summed E-state index contributed by atoms with van der Waals surface area (Å²) < 4.78 is 1.81. The van der Waals surface area contributed by atoms with E-state index in [2.05, 4.69) is 50.0 Å². The van der Waals surface area contributed by atoms with Crippen molar-refractivity contribution in [1.82, 2.24) is 25.4 Å². The first-order valence-corrected chi connectivity index (χ1v) is 8.31. The summed E-state index contributed by atoms with van der Waals surface area (Å²) in [4.78, 5) is 14.4. The summed E-state index contributed by atoms with van der Waals surface area (Å²) in [6, 6.07) is 10.1. The van der Waals surface area contributed by atoms with Crippen LogP contribution in [-0.4, -0.2) is 40.4 Å². The molecule has 2 unspecified atom stereocenters. The average molecular weight is 328 g/mol. The van der Waals surface area contributed by atoms with Gasteiger partial charge in [0.1, 0.15) is 6.33 Å². The van der Waals surface area contributed by atoms with E-state index >= 15 is 0 Å². The topological polar surface area (TPSA) is 75.1 Å². The minimum atomic E-state index is -0.179. The van der Waals surface area contributed by atoms with Crippen molar-refractivity contribution in [1.29, 1.82) is 0 Å². The Morgan fingerprint density at radius 3 is 2.88 bits per heavy atom. The molecular formula is C17H24N6O. The van der Waals surface area contributed by atoms with E-state index in [4.69, 9.17) is 0 Å². The molecule has 24 heavy (non-hydrogen) atoms. The fraction of sp³-hybridized carbons (Fsp3) is 0.471. The maximum Gasteiger partial charge on any atom is 0.315 e. The van der Waals surface area contributed by atoms with Crippen LogP contribution < -0.4 is 15.5 Å². The summed E-state index contributed by atoms with van der Waals surface area (Å²) in [5.41, 5.74) is 1.25. The van der Waals surface area contributed by atoms with Gasteiger partial charge in [-0.3, -0.25) is 0 Å². The Balaban J connectivity index is 1.43. The number of rotatable bonds is 5. The van der Waals surface area contributed by atoms with Crippen molar-refractivity contribution in [2.24, 2.45) is 13.0 Å². The Bertz CT molecular complexity index is 671. The molecule has 0 aliphatic carbocycles. The van der Waals surface area contributed by atoms with Crippen LogP contribution in [0.3, 0.4) is 0 Å². The number of carbonyl (C=O) groups is 1. The van der Waals surface area contributed by atoms with Crippen molar-refractivity contribution in [2.75, 3.05) is 24.5 Å². The van der Waals surface area contributed by atoms with Crippen LogP contribution >= 0.6 is 0 Å². The molecule has 128 valence electrons. The predicted octanol–water partition coefficient (Wildman–Crippen LogP) is 1.70. The summed E-state index contributed by atoms with van der Waals surface area (Å²) in [5.74, 6) is 1.21. The van der Waals surface area contributed by atoms with Gasteiger partial charge >= 0.3 is 6.03 Å². The van der Waals surface area contributed by atoms with Crippen LogP contribution in [-0.2, 0) is 7.05 Å². The number of nitrogens with zero attached hydrogens (tertiary/aromatic N) is 4. The predicted molar refractivity (Wildman–Crippen MR) is 92.7 cm³/mol. The third-order valence-electron chi connectivity index (χ3n) is 4.44. The van der Waals surface area contributed by atoms with Crippen LogP contribution in [0, 0.1) is 5.92 Å². The van der Waals surface area contributed by atoms with E-state index in [0.717, 1.165) is 25.3 Å². The molecule has 3 rings (SSSR count). The van der Waals surface area contributed by atoms with E-state index in [-0.39, 0.29) is 12.1 Å². The molecular weight excluding hydrogens is 304 g/mol. The molecule has 2 amide bonds. The number of hydrogen-bond acceptors (Lipinski definition) is 4. The van der Waals surface area contributed by atoms with Crippen molar-refractivity contribution in [3.63, 3.8) is 0 Å². The Morgan fingerprint density at radius 2 is 2.17 bits per heavy atom. The zero-order chi connectivity index (χ0) is 16.9. The third-order valence-corrected chi connectivity index (χ3v) is 4.44. The number of carbonyl (C=O) groups excluding carboxylic acids is 1. The van der Waals surface area contributed by atoms with E-state index in [0.29, 0.717) is 12.5 Å². The van der Waals surface area contributed by atoms with Crippen LogP contribution in [0.2, 0.25) is 0 Å². The minimum Gasteiger partial charge on any atom is -0.371 e. The van der Waals surface area contributed by atoms with Crippen LogP contribution in [0.25, 0.3) is 0 Å². The van der Waals surface area contributed by atoms with Crippen molar-refractivity contribution >= 4 is 11.7 Å². The van der Waals surface area contributed by atoms with Gasteiger partial charge in [-0.25, -0.2) is 4.79 Å². The molecule has 2 N–H and O–H groups in total. The average Bonchev–Trinajstić information content (AvgIpc) is 3.22. The van der Waals surface area contributed by atoms with Crippen LogP contribution in [0.5, 0.6) is 0 Å². The van der Waals surface area contributed by atoms with Gasteiger partial charge < -0.3 is 20.1 Å². The Kier molecular flexibility index (Phi) is 4.98. The lowest BCUT2D eigenvalue weighted by atomic mass is 10.1. The SMILES string of the molecule is CC(NC(=O)NCC1CCN(c2ccccc2)C1)c1nncn1C. The highest BCUT2D eigenvalue weighted by Crippen LogP contribution is 2.22. The quantitative estimate of drug-likeness (QED) is 0.876. The number of hydrogen-bond donors (Lipinski definition) is 2. The zero-order valence-electron chi connectivity index (χ0n) is 14.1. The van der Waals surface area contributed by atoms with E-state index < -0.39 is 0 Å². The molecule has 0 saturated carbocycles. The first-order chi connectivity index (χ1) is 11.6. The monoisotopic (exact) mass is 328 g/mol. The van der Waals surface area contributed by atoms with Gasteiger partial charge in [-0.1, -0.05) is 18.2 Å². The normalized spacial score (nSPS) is 18.4. The van der Waals surface area contributed by atoms with E-state index in [1.165, 1.54) is 5.69 Å². The molecule has 1 saturated heterocycles. The second-order valence-electron chi connectivity index (χ2n) is 6.31. The van der Waals surface area contributed by atoms with Gasteiger partial charge in [0, 0.05) is 32.4 Å². The highest BCUT2D eigenvalue weighted by atomic mass is 16.2. The number of amides is 2. The summed E-state index contributed by atoms with van der Waals surface area (Å²) >= 11 is 0. The highest BCUT2D eigenvalue weighted by molar-refractivity contribution is 5.74. The van der Waals surface area contributed by atoms with Gasteiger partial charge in [0.25, 0.3) is 0 Å². The Labute approximate surface area is 142 Å². The lowest BCUT2D eigenvalue weighted by molar-refractivity contribution is 0.235. The van der Waals surface area contributed by atoms with Gasteiger partial charge in [0.05, 0.1) is 6.04 Å². The molecule has 2 atom stereocenters. The minimum absolute atomic E-state index is 0.163. The van der Waals surface area contributed by atoms with E-state index in [9.17, 15) is 4.79 Å². The van der Waals surface area contributed by atoms with Gasteiger partial charge in [-0.15, -0.1) is 10.2 Å². The molecule has 2 aromatic rings. The van der Waals surface area contributed by atoms with Crippen molar-refractivity contribution in [3.05, 3.63) is 42.5 Å². The fourth-order valence-corrected chi connectivity index (χ4v) is 3.11. The molecule has 0 bridgehead atoms. The van der Waals surface area contributed by atoms with Crippen LogP contribution in [0.1, 0.15) is 25.2 Å². The standard InChI is InChI=1S/C17H24N6O/c1-13(16-21-19-12-22(16)2)20-17(24)18-10-14-8-9-23(11-14)15-6-4-3-5-7-15/h3-7,12-14H,8-11H2,1-2H3,(H2,18,20,24). The molecule has 7 heteroatoms. The molecule has 0 radical (unpaired) electrons. The van der Waals surface area contributed by atoms with Gasteiger partial charge in [0.15, 0.2) is 5.82 Å². The number of nitrogens with one attached hydrogen (secondary N) is 2. The van der Waals surface area contributed by atoms with Gasteiger partial charge in [0.2, 0.25) is 0 Å². The number of benzene rings is 1. The molecule has 2 heterocycles. The smallest absolute Gasteiger partial charge is 0.315 e. The zero-order valence-corrected chi connectivity index (χ0v) is 14.1. The number of aromatic nitrogens is 3. The van der Waals surface area contributed by atoms with E-state index in [1.807, 2.05) is 20.0 Å². The second kappa shape index (κ2) is 7.33. The Morgan fingerprint density at radius 1 is 1.38 bits per heavy atom. The molecule has 1 aromatic heterocycles. The second-order valence-corrected chi connectivity index (χ2v) is 6.31. The number of aryl methyl sites for hydroxylation is 1.